The third-order valence-corrected chi connectivity index (χ3v) is 3.16. The van der Waals surface area contributed by atoms with Gasteiger partial charge in [0.15, 0.2) is 0 Å². The summed E-state index contributed by atoms with van der Waals surface area (Å²) in [5.74, 6) is -0.802. The molecule has 6 heteroatoms. The molecule has 0 saturated heterocycles. The molecule has 2 aromatic rings. The van der Waals surface area contributed by atoms with Crippen LogP contribution < -0.4 is 0 Å². The number of hydrogen-bond donors (Lipinski definition) is 0. The van der Waals surface area contributed by atoms with Crippen molar-refractivity contribution in [1.29, 1.82) is 5.26 Å². The standard InChI is InChI=1S/C17H12F3NO2/c1-2-23-16(22)13-7-8-14(15(9-13)17(18,19)20)12-5-3-11(10-21)4-6-12/h3-9H,2H2,1H3. The van der Waals surface area contributed by atoms with Crippen LogP contribution in [0.15, 0.2) is 42.5 Å². The van der Waals surface area contributed by atoms with Crippen LogP contribution >= 0.6 is 0 Å². The highest BCUT2D eigenvalue weighted by molar-refractivity contribution is 5.90. The second-order valence-electron chi connectivity index (χ2n) is 4.67. The van der Waals surface area contributed by atoms with E-state index >= 15 is 0 Å². The lowest BCUT2D eigenvalue weighted by Crippen LogP contribution is -2.11. The fraction of sp³-hybridized carbons (Fsp3) is 0.176. The van der Waals surface area contributed by atoms with E-state index < -0.39 is 17.7 Å². The van der Waals surface area contributed by atoms with Gasteiger partial charge in [0.25, 0.3) is 0 Å². The Labute approximate surface area is 130 Å². The van der Waals surface area contributed by atoms with E-state index in [1.54, 1.807) is 6.92 Å². The highest BCUT2D eigenvalue weighted by Gasteiger charge is 2.34. The van der Waals surface area contributed by atoms with Gasteiger partial charge < -0.3 is 4.74 Å². The third-order valence-electron chi connectivity index (χ3n) is 3.16. The van der Waals surface area contributed by atoms with Crippen molar-refractivity contribution in [3.8, 4) is 17.2 Å². The topological polar surface area (TPSA) is 50.1 Å². The summed E-state index contributed by atoms with van der Waals surface area (Å²) in [5.41, 5.74) is -0.475. The quantitative estimate of drug-likeness (QED) is 0.787. The lowest BCUT2D eigenvalue weighted by molar-refractivity contribution is -0.137. The maximum atomic E-state index is 13.3. The summed E-state index contributed by atoms with van der Waals surface area (Å²) >= 11 is 0. The van der Waals surface area contributed by atoms with E-state index in [1.807, 2.05) is 6.07 Å². The lowest BCUT2D eigenvalue weighted by Gasteiger charge is -2.14. The molecule has 0 fully saturated rings. The van der Waals surface area contributed by atoms with Crippen molar-refractivity contribution in [2.75, 3.05) is 6.61 Å². The van der Waals surface area contributed by atoms with Gasteiger partial charge in [0, 0.05) is 0 Å². The van der Waals surface area contributed by atoms with Gasteiger partial charge in [0.1, 0.15) is 0 Å². The van der Waals surface area contributed by atoms with Crippen molar-refractivity contribution < 1.29 is 22.7 Å². The molecule has 2 aromatic carbocycles. The monoisotopic (exact) mass is 319 g/mol. The van der Waals surface area contributed by atoms with Crippen LogP contribution in [0, 0.1) is 11.3 Å². The number of esters is 1. The van der Waals surface area contributed by atoms with E-state index in [-0.39, 0.29) is 17.7 Å². The Kier molecular flexibility index (Phi) is 4.70. The predicted molar refractivity (Wildman–Crippen MR) is 77.6 cm³/mol. The van der Waals surface area contributed by atoms with Gasteiger partial charge >= 0.3 is 12.1 Å². The Bertz CT molecular complexity index is 759. The van der Waals surface area contributed by atoms with E-state index in [1.165, 1.54) is 36.4 Å². The van der Waals surface area contributed by atoms with E-state index in [0.29, 0.717) is 11.1 Å². The Hall–Kier alpha value is -2.81. The van der Waals surface area contributed by atoms with Crippen LogP contribution in [-0.4, -0.2) is 12.6 Å². The predicted octanol–water partition coefficient (Wildman–Crippen LogP) is 4.42. The summed E-state index contributed by atoms with van der Waals surface area (Å²) < 4.78 is 44.6. The van der Waals surface area contributed by atoms with E-state index in [9.17, 15) is 18.0 Å². The van der Waals surface area contributed by atoms with Crippen molar-refractivity contribution in [3.63, 3.8) is 0 Å². The summed E-state index contributed by atoms with van der Waals surface area (Å²) in [5, 5.41) is 8.75. The van der Waals surface area contributed by atoms with Gasteiger partial charge in [-0.3, -0.25) is 0 Å². The summed E-state index contributed by atoms with van der Waals surface area (Å²) in [6, 6.07) is 11.0. The molecule has 2 rings (SSSR count). The van der Waals surface area contributed by atoms with Crippen molar-refractivity contribution >= 4 is 5.97 Å². The number of hydrogen-bond acceptors (Lipinski definition) is 3. The summed E-state index contributed by atoms with van der Waals surface area (Å²) in [7, 11) is 0. The number of halogens is 3. The van der Waals surface area contributed by atoms with Gasteiger partial charge in [-0.1, -0.05) is 18.2 Å². The first kappa shape index (κ1) is 16.6. The van der Waals surface area contributed by atoms with Gasteiger partial charge in [-0.15, -0.1) is 0 Å². The van der Waals surface area contributed by atoms with Crippen LogP contribution in [0.2, 0.25) is 0 Å². The van der Waals surface area contributed by atoms with Crippen LogP contribution in [0.25, 0.3) is 11.1 Å². The number of benzene rings is 2. The molecule has 118 valence electrons. The van der Waals surface area contributed by atoms with Crippen molar-refractivity contribution in [3.05, 3.63) is 59.2 Å². The molecule has 0 aliphatic rings. The maximum Gasteiger partial charge on any atom is 0.417 e. The molecule has 0 unspecified atom stereocenters. The molecule has 0 aliphatic heterocycles. The van der Waals surface area contributed by atoms with Gasteiger partial charge in [-0.25, -0.2) is 4.79 Å². The fourth-order valence-corrected chi connectivity index (χ4v) is 2.10. The van der Waals surface area contributed by atoms with Crippen molar-refractivity contribution in [2.24, 2.45) is 0 Å². The van der Waals surface area contributed by atoms with Crippen molar-refractivity contribution in [2.45, 2.75) is 13.1 Å². The first-order chi connectivity index (χ1) is 10.9. The highest BCUT2D eigenvalue weighted by atomic mass is 19.4. The molecule has 0 atom stereocenters. The number of nitriles is 1. The molecule has 0 N–H and O–H groups in total. The SMILES string of the molecule is CCOC(=O)c1ccc(-c2ccc(C#N)cc2)c(C(F)(F)F)c1. The lowest BCUT2D eigenvalue weighted by atomic mass is 9.96. The highest BCUT2D eigenvalue weighted by Crippen LogP contribution is 2.37. The zero-order valence-corrected chi connectivity index (χ0v) is 12.1. The van der Waals surface area contributed by atoms with Gasteiger partial charge in [-0.05, 0) is 42.3 Å². The smallest absolute Gasteiger partial charge is 0.417 e. The number of nitrogens with zero attached hydrogens (tertiary/aromatic N) is 1. The zero-order valence-electron chi connectivity index (χ0n) is 12.1. The largest absolute Gasteiger partial charge is 0.462 e. The van der Waals surface area contributed by atoms with E-state index in [2.05, 4.69) is 0 Å². The number of alkyl halides is 3. The third kappa shape index (κ3) is 3.69. The van der Waals surface area contributed by atoms with Gasteiger partial charge in [0.05, 0.1) is 29.4 Å². The second kappa shape index (κ2) is 6.53. The molecule has 0 bridgehead atoms. The second-order valence-corrected chi connectivity index (χ2v) is 4.67. The minimum Gasteiger partial charge on any atom is -0.462 e. The van der Waals surface area contributed by atoms with Crippen LogP contribution in [0.1, 0.15) is 28.4 Å². The molecule has 0 saturated carbocycles. The first-order valence-corrected chi connectivity index (χ1v) is 6.75. The van der Waals surface area contributed by atoms with Gasteiger partial charge in [0.2, 0.25) is 0 Å². The van der Waals surface area contributed by atoms with Crippen LogP contribution in [-0.2, 0) is 10.9 Å². The number of rotatable bonds is 3. The average molecular weight is 319 g/mol. The summed E-state index contributed by atoms with van der Waals surface area (Å²) in [4.78, 5) is 11.6. The van der Waals surface area contributed by atoms with E-state index in [4.69, 9.17) is 10.00 Å². The minimum atomic E-state index is -4.62. The molecule has 23 heavy (non-hydrogen) atoms. The number of carbonyl (C=O) groups excluding carboxylic acids is 1. The molecule has 0 aliphatic carbocycles. The van der Waals surface area contributed by atoms with Crippen LogP contribution in [0.3, 0.4) is 0 Å². The molecule has 0 heterocycles. The normalized spacial score (nSPS) is 10.9. The summed E-state index contributed by atoms with van der Waals surface area (Å²) in [6.07, 6.45) is -4.62. The molecule has 0 spiro atoms. The minimum absolute atomic E-state index is 0.0601. The average Bonchev–Trinajstić information content (AvgIpc) is 2.54. The Morgan fingerprint density at radius 3 is 2.35 bits per heavy atom. The van der Waals surface area contributed by atoms with Crippen molar-refractivity contribution in [1.82, 2.24) is 0 Å². The number of carbonyl (C=O) groups is 1. The molecular weight excluding hydrogens is 307 g/mol. The van der Waals surface area contributed by atoms with E-state index in [0.717, 1.165) is 6.07 Å². The first-order valence-electron chi connectivity index (χ1n) is 6.75. The molecule has 0 aromatic heterocycles. The van der Waals surface area contributed by atoms with Gasteiger partial charge in [-0.2, -0.15) is 18.4 Å². The molecule has 3 nitrogen and oxygen atoms in total. The Balaban J connectivity index is 2.54. The summed E-state index contributed by atoms with van der Waals surface area (Å²) in [6.45, 7) is 1.66. The zero-order chi connectivity index (χ0) is 17.0. The molecule has 0 radical (unpaired) electrons. The Morgan fingerprint density at radius 2 is 1.83 bits per heavy atom. The van der Waals surface area contributed by atoms with Crippen LogP contribution in [0.5, 0.6) is 0 Å². The fourth-order valence-electron chi connectivity index (χ4n) is 2.10. The van der Waals surface area contributed by atoms with Crippen LogP contribution in [0.4, 0.5) is 13.2 Å². The Morgan fingerprint density at radius 1 is 1.17 bits per heavy atom. The number of ether oxygens (including phenoxy) is 1. The maximum absolute atomic E-state index is 13.3. The molecular formula is C17H12F3NO2. The molecule has 0 amide bonds.